The van der Waals surface area contributed by atoms with E-state index in [1.807, 2.05) is 48.5 Å². The largest absolute Gasteiger partial charge is 0.422 e. The Labute approximate surface area is 123 Å². The Morgan fingerprint density at radius 2 is 1.86 bits per heavy atom. The van der Waals surface area contributed by atoms with Crippen molar-refractivity contribution in [1.29, 1.82) is 0 Å². The van der Waals surface area contributed by atoms with Crippen LogP contribution in [0, 0.1) is 0 Å². The zero-order valence-electron chi connectivity index (χ0n) is 10.9. The number of nitrogens with zero attached hydrogens (tertiary/aromatic N) is 1. The molecule has 1 N–H and O–H groups in total. The van der Waals surface area contributed by atoms with E-state index in [-0.39, 0.29) is 5.63 Å². The van der Waals surface area contributed by atoms with E-state index in [0.717, 1.165) is 16.4 Å². The molecule has 0 saturated heterocycles. The summed E-state index contributed by atoms with van der Waals surface area (Å²) in [6, 6.07) is 17.1. The van der Waals surface area contributed by atoms with E-state index in [4.69, 9.17) is 4.42 Å². The van der Waals surface area contributed by atoms with Crippen molar-refractivity contribution in [2.45, 2.75) is 10.1 Å². The quantitative estimate of drug-likeness (QED) is 0.571. The molecule has 0 spiro atoms. The summed E-state index contributed by atoms with van der Waals surface area (Å²) in [6.45, 7) is 0. The molecule has 2 aromatic carbocycles. The first-order chi connectivity index (χ1) is 10.3. The highest BCUT2D eigenvalue weighted by Crippen LogP contribution is 2.27. The molecular weight excluding hydrogens is 284 g/mol. The summed E-state index contributed by atoms with van der Waals surface area (Å²) in [5, 5.41) is 1.58. The van der Waals surface area contributed by atoms with E-state index in [9.17, 15) is 4.79 Å². The molecule has 0 aliphatic rings. The number of aromatic amines is 1. The average Bonchev–Trinajstić information content (AvgIpc) is 2.90. The van der Waals surface area contributed by atoms with Crippen LogP contribution in [0.4, 0.5) is 0 Å². The lowest BCUT2D eigenvalue weighted by atomic mass is 10.2. The van der Waals surface area contributed by atoms with Crippen molar-refractivity contribution in [3.63, 3.8) is 0 Å². The molecular formula is C16H10N2O2S. The predicted octanol–water partition coefficient (Wildman–Crippen LogP) is 3.82. The van der Waals surface area contributed by atoms with Crippen molar-refractivity contribution >= 4 is 33.8 Å². The average molecular weight is 294 g/mol. The van der Waals surface area contributed by atoms with Gasteiger partial charge in [0.2, 0.25) is 0 Å². The van der Waals surface area contributed by atoms with Crippen LogP contribution in [0.15, 0.2) is 73.9 Å². The van der Waals surface area contributed by atoms with Crippen molar-refractivity contribution in [3.05, 3.63) is 65.0 Å². The predicted molar refractivity (Wildman–Crippen MR) is 82.7 cm³/mol. The van der Waals surface area contributed by atoms with Crippen molar-refractivity contribution in [1.82, 2.24) is 9.97 Å². The molecule has 2 aromatic heterocycles. The van der Waals surface area contributed by atoms with Gasteiger partial charge in [-0.15, -0.1) is 0 Å². The molecule has 0 fully saturated rings. The molecule has 21 heavy (non-hydrogen) atoms. The molecule has 0 aliphatic heterocycles. The van der Waals surface area contributed by atoms with Crippen LogP contribution < -0.4 is 5.63 Å². The summed E-state index contributed by atoms with van der Waals surface area (Å²) in [5.74, 6) is 0. The molecule has 4 aromatic rings. The summed E-state index contributed by atoms with van der Waals surface area (Å²) >= 11 is 1.28. The van der Waals surface area contributed by atoms with E-state index in [0.29, 0.717) is 15.6 Å². The first-order valence-electron chi connectivity index (χ1n) is 6.45. The second kappa shape index (κ2) is 4.79. The number of hydrogen-bond acceptors (Lipinski definition) is 4. The number of nitrogens with one attached hydrogen (secondary N) is 1. The molecule has 4 nitrogen and oxygen atoms in total. The Hall–Kier alpha value is -2.53. The lowest BCUT2D eigenvalue weighted by Crippen LogP contribution is -2.01. The van der Waals surface area contributed by atoms with Gasteiger partial charge in [-0.3, -0.25) is 0 Å². The van der Waals surface area contributed by atoms with Crippen LogP contribution in [-0.2, 0) is 0 Å². The van der Waals surface area contributed by atoms with Crippen LogP contribution in [0.2, 0.25) is 0 Å². The Morgan fingerprint density at radius 1 is 1.05 bits per heavy atom. The van der Waals surface area contributed by atoms with Gasteiger partial charge in [0.1, 0.15) is 10.5 Å². The first-order valence-corrected chi connectivity index (χ1v) is 7.27. The van der Waals surface area contributed by atoms with Crippen LogP contribution in [0.1, 0.15) is 0 Å². The highest BCUT2D eigenvalue weighted by atomic mass is 32.2. The third-order valence-corrected chi connectivity index (χ3v) is 4.07. The number of H-pyrrole nitrogens is 1. The van der Waals surface area contributed by atoms with Gasteiger partial charge in [-0.25, -0.2) is 9.78 Å². The fourth-order valence-corrected chi connectivity index (χ4v) is 3.02. The SMILES string of the molecule is O=c1oc2ccccc2cc1Sc1nc2ccccc2[nH]1. The summed E-state index contributed by atoms with van der Waals surface area (Å²) in [7, 11) is 0. The molecule has 0 radical (unpaired) electrons. The fourth-order valence-electron chi connectivity index (χ4n) is 2.20. The number of fused-ring (bicyclic) bond motifs is 2. The number of hydrogen-bond donors (Lipinski definition) is 1. The van der Waals surface area contributed by atoms with Crippen molar-refractivity contribution < 1.29 is 4.42 Å². The maximum Gasteiger partial charge on any atom is 0.350 e. The van der Waals surface area contributed by atoms with Crippen molar-refractivity contribution in [3.8, 4) is 0 Å². The standard InChI is InChI=1S/C16H10N2O2S/c19-15-14(9-10-5-1-4-8-13(10)20-15)21-16-17-11-6-2-3-7-12(11)18-16/h1-9H,(H,17,18). The molecule has 102 valence electrons. The molecule has 0 aliphatic carbocycles. The Kier molecular flexibility index (Phi) is 2.79. The second-order valence-corrected chi connectivity index (χ2v) is 5.63. The van der Waals surface area contributed by atoms with Crippen LogP contribution in [-0.4, -0.2) is 9.97 Å². The maximum absolute atomic E-state index is 12.0. The third kappa shape index (κ3) is 2.21. The van der Waals surface area contributed by atoms with Gasteiger partial charge in [0.25, 0.3) is 0 Å². The normalized spacial score (nSPS) is 11.2. The topological polar surface area (TPSA) is 58.9 Å². The van der Waals surface area contributed by atoms with Gasteiger partial charge in [-0.1, -0.05) is 30.3 Å². The zero-order chi connectivity index (χ0) is 14.2. The molecule has 0 unspecified atom stereocenters. The van der Waals surface area contributed by atoms with Gasteiger partial charge >= 0.3 is 5.63 Å². The van der Waals surface area contributed by atoms with Crippen LogP contribution in [0.5, 0.6) is 0 Å². The number of benzene rings is 2. The molecule has 2 heterocycles. The van der Waals surface area contributed by atoms with Gasteiger partial charge in [0, 0.05) is 5.39 Å². The first kappa shape index (κ1) is 12.2. The second-order valence-electron chi connectivity index (χ2n) is 4.60. The highest BCUT2D eigenvalue weighted by Gasteiger charge is 2.10. The van der Waals surface area contributed by atoms with Gasteiger partial charge in [0.15, 0.2) is 5.16 Å². The van der Waals surface area contributed by atoms with Crippen LogP contribution >= 0.6 is 11.8 Å². The van der Waals surface area contributed by atoms with Crippen molar-refractivity contribution in [2.75, 3.05) is 0 Å². The number of para-hydroxylation sites is 3. The third-order valence-electron chi connectivity index (χ3n) is 3.18. The summed E-state index contributed by atoms with van der Waals surface area (Å²) in [4.78, 5) is 20.2. The van der Waals surface area contributed by atoms with Gasteiger partial charge < -0.3 is 9.40 Å². The molecule has 4 rings (SSSR count). The summed E-state index contributed by atoms with van der Waals surface area (Å²) in [5.41, 5.74) is 2.07. The zero-order valence-corrected chi connectivity index (χ0v) is 11.7. The molecule has 0 amide bonds. The van der Waals surface area contributed by atoms with E-state index in [2.05, 4.69) is 9.97 Å². The highest BCUT2D eigenvalue weighted by molar-refractivity contribution is 7.99. The molecule has 0 atom stereocenters. The number of rotatable bonds is 2. The smallest absolute Gasteiger partial charge is 0.350 e. The Morgan fingerprint density at radius 3 is 2.76 bits per heavy atom. The minimum absolute atomic E-state index is 0.348. The lowest BCUT2D eigenvalue weighted by molar-refractivity contribution is 0.543. The Balaban J connectivity index is 1.79. The lowest BCUT2D eigenvalue weighted by Gasteiger charge is -1.99. The number of aromatic nitrogens is 2. The maximum atomic E-state index is 12.0. The van der Waals surface area contributed by atoms with Gasteiger partial charge in [-0.05, 0) is 36.0 Å². The molecule has 5 heteroatoms. The fraction of sp³-hybridized carbons (Fsp3) is 0. The summed E-state index contributed by atoms with van der Waals surface area (Å²) in [6.07, 6.45) is 0. The van der Waals surface area contributed by atoms with E-state index >= 15 is 0 Å². The Bertz CT molecular complexity index is 971. The monoisotopic (exact) mass is 294 g/mol. The minimum atomic E-state index is -0.348. The molecule has 0 bridgehead atoms. The molecule has 0 saturated carbocycles. The van der Waals surface area contributed by atoms with Crippen LogP contribution in [0.3, 0.4) is 0 Å². The van der Waals surface area contributed by atoms with Gasteiger partial charge in [0.05, 0.1) is 11.0 Å². The van der Waals surface area contributed by atoms with E-state index in [1.165, 1.54) is 11.8 Å². The van der Waals surface area contributed by atoms with E-state index < -0.39 is 0 Å². The van der Waals surface area contributed by atoms with Crippen LogP contribution in [0.25, 0.3) is 22.0 Å². The minimum Gasteiger partial charge on any atom is -0.422 e. The van der Waals surface area contributed by atoms with Gasteiger partial charge in [-0.2, -0.15) is 0 Å². The van der Waals surface area contributed by atoms with E-state index in [1.54, 1.807) is 6.07 Å². The summed E-state index contributed by atoms with van der Waals surface area (Å²) < 4.78 is 5.32. The number of imidazole rings is 1. The van der Waals surface area contributed by atoms with Crippen molar-refractivity contribution in [2.24, 2.45) is 0 Å².